The molecule has 1 aromatic carbocycles. The van der Waals surface area contributed by atoms with Gasteiger partial charge in [0.1, 0.15) is 0 Å². The summed E-state index contributed by atoms with van der Waals surface area (Å²) in [6.45, 7) is 3.78. The fourth-order valence-electron chi connectivity index (χ4n) is 2.03. The van der Waals surface area contributed by atoms with Gasteiger partial charge in [-0.3, -0.25) is 4.79 Å². The van der Waals surface area contributed by atoms with Crippen molar-refractivity contribution < 1.29 is 9.90 Å². The lowest BCUT2D eigenvalue weighted by Crippen LogP contribution is -2.35. The number of aryl methyl sites for hydroxylation is 1. The van der Waals surface area contributed by atoms with Gasteiger partial charge in [0.05, 0.1) is 5.92 Å². The molecule has 106 valence electrons. The maximum atomic E-state index is 10.8. The van der Waals surface area contributed by atoms with Gasteiger partial charge in [-0.2, -0.15) is 0 Å². The summed E-state index contributed by atoms with van der Waals surface area (Å²) in [6.07, 6.45) is 2.70. The Balaban J connectivity index is 2.37. The Bertz CT molecular complexity index is 405. The molecule has 3 atom stereocenters. The van der Waals surface area contributed by atoms with Crippen molar-refractivity contribution in [3.63, 3.8) is 0 Å². The summed E-state index contributed by atoms with van der Waals surface area (Å²) in [5.74, 6) is -0.900. The summed E-state index contributed by atoms with van der Waals surface area (Å²) in [6, 6.07) is 7.54. The minimum absolute atomic E-state index is 0.280. The van der Waals surface area contributed by atoms with Crippen LogP contribution in [0.1, 0.15) is 32.3 Å². The van der Waals surface area contributed by atoms with Crippen molar-refractivity contribution in [1.29, 1.82) is 0 Å². The van der Waals surface area contributed by atoms with Gasteiger partial charge in [0.2, 0.25) is 0 Å². The molecule has 0 spiro atoms. The van der Waals surface area contributed by atoms with Crippen LogP contribution in [0.4, 0.5) is 0 Å². The van der Waals surface area contributed by atoms with E-state index in [0.29, 0.717) is 5.92 Å². The molecule has 0 aliphatic heterocycles. The number of nitrogens with two attached hydrogens (primary N) is 1. The van der Waals surface area contributed by atoms with E-state index in [0.717, 1.165) is 24.3 Å². The largest absolute Gasteiger partial charge is 0.481 e. The number of rotatable bonds is 7. The quantitative estimate of drug-likeness (QED) is 0.807. The molecule has 0 saturated heterocycles. The molecule has 0 fully saturated rings. The summed E-state index contributed by atoms with van der Waals surface area (Å²) in [5, 5.41) is 9.65. The van der Waals surface area contributed by atoms with E-state index in [4.69, 9.17) is 22.4 Å². The van der Waals surface area contributed by atoms with Gasteiger partial charge in [-0.25, -0.2) is 0 Å². The maximum Gasteiger partial charge on any atom is 0.307 e. The van der Waals surface area contributed by atoms with Gasteiger partial charge in [-0.15, -0.1) is 0 Å². The average Bonchev–Trinajstić information content (AvgIpc) is 2.37. The van der Waals surface area contributed by atoms with E-state index in [-0.39, 0.29) is 6.04 Å². The lowest BCUT2D eigenvalue weighted by atomic mass is 9.90. The molecule has 19 heavy (non-hydrogen) atoms. The summed E-state index contributed by atoms with van der Waals surface area (Å²) < 4.78 is 0. The number of halogens is 1. The molecule has 3 unspecified atom stereocenters. The fraction of sp³-hybridized carbons (Fsp3) is 0.533. The molecule has 1 rings (SSSR count). The van der Waals surface area contributed by atoms with Crippen molar-refractivity contribution in [3.05, 3.63) is 34.9 Å². The van der Waals surface area contributed by atoms with Crippen LogP contribution < -0.4 is 5.73 Å². The first-order valence-corrected chi connectivity index (χ1v) is 7.00. The van der Waals surface area contributed by atoms with Crippen LogP contribution >= 0.6 is 11.6 Å². The highest BCUT2D eigenvalue weighted by Crippen LogP contribution is 2.18. The molecule has 0 aliphatic carbocycles. The highest BCUT2D eigenvalue weighted by Gasteiger charge is 2.21. The van der Waals surface area contributed by atoms with Crippen LogP contribution in [0.5, 0.6) is 0 Å². The zero-order chi connectivity index (χ0) is 14.4. The van der Waals surface area contributed by atoms with Crippen LogP contribution in [0.25, 0.3) is 0 Å². The summed E-state index contributed by atoms with van der Waals surface area (Å²) in [5.41, 5.74) is 7.16. The van der Waals surface area contributed by atoms with Gasteiger partial charge >= 0.3 is 5.97 Å². The monoisotopic (exact) mass is 283 g/mol. The summed E-state index contributed by atoms with van der Waals surface area (Å²) >= 11 is 5.84. The maximum absolute atomic E-state index is 10.8. The molecule has 0 saturated carbocycles. The molecule has 3 N–H and O–H groups in total. The lowest BCUT2D eigenvalue weighted by molar-refractivity contribution is -0.141. The van der Waals surface area contributed by atoms with Crippen LogP contribution in [0.15, 0.2) is 24.3 Å². The Morgan fingerprint density at radius 3 is 2.42 bits per heavy atom. The number of carboxylic acid groups (broad SMARTS) is 1. The Kier molecular flexibility index (Phi) is 6.32. The second-order valence-electron chi connectivity index (χ2n) is 5.30. The first-order chi connectivity index (χ1) is 8.90. The van der Waals surface area contributed by atoms with E-state index >= 15 is 0 Å². The Morgan fingerprint density at radius 1 is 1.32 bits per heavy atom. The van der Waals surface area contributed by atoms with Crippen molar-refractivity contribution >= 4 is 17.6 Å². The lowest BCUT2D eigenvalue weighted by Gasteiger charge is -2.20. The van der Waals surface area contributed by atoms with Crippen LogP contribution in [-0.4, -0.2) is 17.1 Å². The zero-order valence-electron chi connectivity index (χ0n) is 11.5. The van der Waals surface area contributed by atoms with Gasteiger partial charge < -0.3 is 10.8 Å². The number of aliphatic carboxylic acids is 1. The molecule has 4 heteroatoms. The minimum atomic E-state index is -0.822. The number of hydrogen-bond donors (Lipinski definition) is 2. The third kappa shape index (κ3) is 5.62. The second kappa shape index (κ2) is 7.51. The van der Waals surface area contributed by atoms with Crippen molar-refractivity contribution in [1.82, 2.24) is 0 Å². The average molecular weight is 284 g/mol. The van der Waals surface area contributed by atoms with Crippen molar-refractivity contribution in [2.75, 3.05) is 0 Å². The third-order valence-corrected chi connectivity index (χ3v) is 3.80. The van der Waals surface area contributed by atoms with E-state index in [1.165, 1.54) is 5.56 Å². The van der Waals surface area contributed by atoms with Gasteiger partial charge in [-0.05, 0) is 42.9 Å². The van der Waals surface area contributed by atoms with Gasteiger partial charge in [0.15, 0.2) is 0 Å². The third-order valence-electron chi connectivity index (χ3n) is 3.55. The molecule has 0 radical (unpaired) electrons. The van der Waals surface area contributed by atoms with Crippen LogP contribution in [0, 0.1) is 11.8 Å². The van der Waals surface area contributed by atoms with Gasteiger partial charge in [-0.1, -0.05) is 37.6 Å². The van der Waals surface area contributed by atoms with Crippen LogP contribution in [0.2, 0.25) is 5.02 Å². The minimum Gasteiger partial charge on any atom is -0.481 e. The van der Waals surface area contributed by atoms with Crippen molar-refractivity contribution in [2.45, 2.75) is 39.2 Å². The first-order valence-electron chi connectivity index (χ1n) is 6.63. The van der Waals surface area contributed by atoms with E-state index in [2.05, 4.69) is 6.92 Å². The molecule has 1 aromatic rings. The fourth-order valence-corrected chi connectivity index (χ4v) is 2.16. The number of benzene rings is 1. The SMILES string of the molecule is CC(CCc1ccc(Cl)cc1)CC(N)C(C)C(=O)O. The summed E-state index contributed by atoms with van der Waals surface area (Å²) in [7, 11) is 0. The molecule has 0 amide bonds. The Hall–Kier alpha value is -1.06. The first kappa shape index (κ1) is 16.0. The number of carbonyl (C=O) groups is 1. The van der Waals surface area contributed by atoms with Crippen LogP contribution in [0.3, 0.4) is 0 Å². The highest BCUT2D eigenvalue weighted by molar-refractivity contribution is 6.30. The highest BCUT2D eigenvalue weighted by atomic mass is 35.5. The van der Waals surface area contributed by atoms with E-state index < -0.39 is 11.9 Å². The molecule has 0 bridgehead atoms. The molecule has 0 heterocycles. The predicted octanol–water partition coefficient (Wildman–Crippen LogP) is 3.35. The van der Waals surface area contributed by atoms with Crippen molar-refractivity contribution in [2.24, 2.45) is 17.6 Å². The van der Waals surface area contributed by atoms with E-state index in [1.807, 2.05) is 24.3 Å². The van der Waals surface area contributed by atoms with Gasteiger partial charge in [0.25, 0.3) is 0 Å². The zero-order valence-corrected chi connectivity index (χ0v) is 12.2. The van der Waals surface area contributed by atoms with Gasteiger partial charge in [0, 0.05) is 11.1 Å². The smallest absolute Gasteiger partial charge is 0.307 e. The molecule has 0 aromatic heterocycles. The predicted molar refractivity (Wildman–Crippen MR) is 78.3 cm³/mol. The number of hydrogen-bond acceptors (Lipinski definition) is 2. The van der Waals surface area contributed by atoms with E-state index in [9.17, 15) is 4.79 Å². The number of carboxylic acids is 1. The van der Waals surface area contributed by atoms with E-state index in [1.54, 1.807) is 6.92 Å². The molecular formula is C15H22ClNO2. The second-order valence-corrected chi connectivity index (χ2v) is 5.73. The summed E-state index contributed by atoms with van der Waals surface area (Å²) in [4.78, 5) is 10.8. The van der Waals surface area contributed by atoms with Crippen LogP contribution in [-0.2, 0) is 11.2 Å². The molecular weight excluding hydrogens is 262 g/mol. The normalized spacial score (nSPS) is 15.8. The topological polar surface area (TPSA) is 63.3 Å². The molecule has 0 aliphatic rings. The Morgan fingerprint density at radius 2 is 1.89 bits per heavy atom. The van der Waals surface area contributed by atoms with Crippen molar-refractivity contribution in [3.8, 4) is 0 Å². The molecule has 3 nitrogen and oxygen atoms in total. The Labute approximate surface area is 119 Å². The standard InChI is InChI=1S/C15H22ClNO2/c1-10(9-14(17)11(2)15(18)19)3-4-12-5-7-13(16)8-6-12/h5-8,10-11,14H,3-4,9,17H2,1-2H3,(H,18,19).